The van der Waals surface area contributed by atoms with Crippen LogP contribution in [0.2, 0.25) is 0 Å². The highest BCUT2D eigenvalue weighted by atomic mass is 16.2. The summed E-state index contributed by atoms with van der Waals surface area (Å²) in [5.41, 5.74) is 7.10. The second-order valence-electron chi connectivity index (χ2n) is 6.22. The molecule has 3 aromatic rings. The lowest BCUT2D eigenvalue weighted by molar-refractivity contribution is -0.137. The summed E-state index contributed by atoms with van der Waals surface area (Å²) in [4.78, 5) is 40.8. The minimum absolute atomic E-state index is 0.146. The van der Waals surface area contributed by atoms with Gasteiger partial charge in [0.2, 0.25) is 5.78 Å². The molecule has 1 atom stereocenters. The van der Waals surface area contributed by atoms with Crippen LogP contribution in [0.3, 0.4) is 0 Å². The molecule has 0 saturated carbocycles. The van der Waals surface area contributed by atoms with Crippen LogP contribution in [0.1, 0.15) is 15.9 Å². The van der Waals surface area contributed by atoms with Crippen molar-refractivity contribution in [1.29, 1.82) is 0 Å². The Bertz CT molecular complexity index is 999. The van der Waals surface area contributed by atoms with Gasteiger partial charge in [-0.05, 0) is 17.7 Å². The molecule has 1 unspecified atom stereocenters. The Labute approximate surface area is 161 Å². The van der Waals surface area contributed by atoms with Crippen LogP contribution < -0.4 is 11.1 Å². The highest BCUT2D eigenvalue weighted by Gasteiger charge is 2.27. The summed E-state index contributed by atoms with van der Waals surface area (Å²) in [6.45, 7) is 0. The number of nitrogens with two attached hydrogens (primary N) is 1. The molecule has 3 N–H and O–H groups in total. The molecule has 0 aliphatic carbocycles. The van der Waals surface area contributed by atoms with E-state index in [1.54, 1.807) is 43.6 Å². The zero-order valence-corrected chi connectivity index (χ0v) is 15.2. The summed E-state index contributed by atoms with van der Waals surface area (Å²) < 4.78 is 1.49. The molecule has 0 aliphatic rings. The number of aromatic nitrogens is 3. The van der Waals surface area contributed by atoms with E-state index in [4.69, 9.17) is 5.73 Å². The maximum Gasteiger partial charge on any atom is 0.287 e. The van der Waals surface area contributed by atoms with E-state index < -0.39 is 23.6 Å². The van der Waals surface area contributed by atoms with E-state index in [0.717, 1.165) is 5.56 Å². The Morgan fingerprint density at radius 3 is 2.46 bits per heavy atom. The van der Waals surface area contributed by atoms with Gasteiger partial charge in [-0.25, -0.2) is 0 Å². The van der Waals surface area contributed by atoms with Gasteiger partial charge in [-0.3, -0.25) is 24.0 Å². The fourth-order valence-corrected chi connectivity index (χ4v) is 2.81. The number of benzene rings is 1. The minimum Gasteiger partial charge on any atom is -0.363 e. The quantitative estimate of drug-likeness (QED) is 0.592. The first-order valence-electron chi connectivity index (χ1n) is 8.59. The highest BCUT2D eigenvalue weighted by Crippen LogP contribution is 2.19. The summed E-state index contributed by atoms with van der Waals surface area (Å²) in [6, 6.07) is 13.3. The number of rotatable bonds is 7. The number of carbonyl (C=O) groups is 3. The number of carbonyl (C=O) groups excluding carboxylic acids is 3. The average molecular weight is 377 g/mol. The normalized spacial score (nSPS) is 11.6. The second-order valence-corrected chi connectivity index (χ2v) is 6.22. The van der Waals surface area contributed by atoms with Crippen molar-refractivity contribution in [3.8, 4) is 11.4 Å². The molecule has 2 heterocycles. The molecule has 28 heavy (non-hydrogen) atoms. The van der Waals surface area contributed by atoms with Crippen LogP contribution in [0.4, 0.5) is 0 Å². The molecule has 0 aliphatic heterocycles. The molecule has 142 valence electrons. The van der Waals surface area contributed by atoms with E-state index in [1.165, 1.54) is 10.9 Å². The van der Waals surface area contributed by atoms with E-state index in [1.807, 2.05) is 18.2 Å². The number of amides is 2. The number of hydrogen-bond acceptors (Lipinski definition) is 5. The maximum atomic E-state index is 12.9. The lowest BCUT2D eigenvalue weighted by atomic mass is 10.0. The summed E-state index contributed by atoms with van der Waals surface area (Å²) in [6.07, 6.45) is 3.28. The third kappa shape index (κ3) is 4.29. The lowest BCUT2D eigenvalue weighted by Crippen LogP contribution is -2.47. The van der Waals surface area contributed by atoms with Crippen LogP contribution in [-0.4, -0.2) is 38.4 Å². The zero-order chi connectivity index (χ0) is 20.1. The van der Waals surface area contributed by atoms with E-state index in [0.29, 0.717) is 11.4 Å². The van der Waals surface area contributed by atoms with Crippen molar-refractivity contribution in [2.75, 3.05) is 0 Å². The fourth-order valence-electron chi connectivity index (χ4n) is 2.81. The summed E-state index contributed by atoms with van der Waals surface area (Å²) >= 11 is 0. The number of Topliss-reactive ketones (excluding diaryl/α,β-unsaturated/α-hetero) is 1. The van der Waals surface area contributed by atoms with Crippen LogP contribution >= 0.6 is 0 Å². The minimum atomic E-state index is -1.10. The van der Waals surface area contributed by atoms with Crippen molar-refractivity contribution in [3.63, 3.8) is 0 Å². The van der Waals surface area contributed by atoms with Gasteiger partial charge in [0.1, 0.15) is 11.7 Å². The van der Waals surface area contributed by atoms with E-state index in [2.05, 4.69) is 15.4 Å². The molecule has 0 saturated heterocycles. The molecular formula is C20H19N5O3. The van der Waals surface area contributed by atoms with Gasteiger partial charge in [-0.2, -0.15) is 5.10 Å². The number of pyridine rings is 1. The van der Waals surface area contributed by atoms with Gasteiger partial charge >= 0.3 is 0 Å². The largest absolute Gasteiger partial charge is 0.363 e. The van der Waals surface area contributed by atoms with Crippen LogP contribution in [0, 0.1) is 0 Å². The second kappa shape index (κ2) is 8.26. The number of nitrogens with zero attached hydrogens (tertiary/aromatic N) is 3. The molecular weight excluding hydrogens is 358 g/mol. The van der Waals surface area contributed by atoms with E-state index >= 15 is 0 Å². The van der Waals surface area contributed by atoms with Crippen molar-refractivity contribution in [2.45, 2.75) is 12.5 Å². The molecule has 1 aromatic carbocycles. The maximum absolute atomic E-state index is 12.9. The van der Waals surface area contributed by atoms with E-state index in [9.17, 15) is 14.4 Å². The predicted octanol–water partition coefficient (Wildman–Crippen LogP) is 0.878. The van der Waals surface area contributed by atoms with Crippen LogP contribution in [0.15, 0.2) is 60.9 Å². The monoisotopic (exact) mass is 377 g/mol. The predicted molar refractivity (Wildman–Crippen MR) is 102 cm³/mol. The number of ketones is 1. The first kappa shape index (κ1) is 19.0. The topological polar surface area (TPSA) is 120 Å². The van der Waals surface area contributed by atoms with Crippen LogP contribution in [-0.2, 0) is 23.1 Å². The Morgan fingerprint density at radius 1 is 1.11 bits per heavy atom. The molecule has 8 nitrogen and oxygen atoms in total. The van der Waals surface area contributed by atoms with Gasteiger partial charge in [-0.1, -0.05) is 36.4 Å². The number of nitrogens with one attached hydrogen (secondary N) is 1. The van der Waals surface area contributed by atoms with Gasteiger partial charge in [-0.15, -0.1) is 0 Å². The molecule has 2 amide bonds. The molecule has 2 aromatic heterocycles. The molecule has 0 fully saturated rings. The SMILES string of the molecule is Cn1cc(C(=O)NC(Cc2ccccc2)C(=O)C(N)=O)c(-c2ccccn2)n1. The van der Waals surface area contributed by atoms with Crippen molar-refractivity contribution < 1.29 is 14.4 Å². The Balaban J connectivity index is 1.88. The average Bonchev–Trinajstić information content (AvgIpc) is 3.10. The summed E-state index contributed by atoms with van der Waals surface area (Å²) in [7, 11) is 1.68. The van der Waals surface area contributed by atoms with Gasteiger partial charge in [0.25, 0.3) is 11.8 Å². The first-order valence-corrected chi connectivity index (χ1v) is 8.59. The van der Waals surface area contributed by atoms with Crippen LogP contribution in [0.5, 0.6) is 0 Å². The summed E-state index contributed by atoms with van der Waals surface area (Å²) in [5.74, 6) is -2.50. The van der Waals surface area contributed by atoms with Crippen molar-refractivity contribution in [3.05, 3.63) is 72.1 Å². The lowest BCUT2D eigenvalue weighted by Gasteiger charge is -2.16. The van der Waals surface area contributed by atoms with Gasteiger partial charge in [0.05, 0.1) is 11.3 Å². The van der Waals surface area contributed by atoms with Gasteiger partial charge in [0, 0.05) is 25.9 Å². The van der Waals surface area contributed by atoms with Crippen LogP contribution in [0.25, 0.3) is 11.4 Å². The third-order valence-electron chi connectivity index (χ3n) is 4.13. The van der Waals surface area contributed by atoms with Crippen molar-refractivity contribution in [2.24, 2.45) is 12.8 Å². The molecule has 0 radical (unpaired) electrons. The molecule has 3 rings (SSSR count). The standard InChI is InChI=1S/C20H19N5O3/c1-25-12-14(17(24-25)15-9-5-6-10-22-15)20(28)23-16(18(26)19(21)27)11-13-7-3-2-4-8-13/h2-10,12,16H,11H2,1H3,(H2,21,27)(H,23,28). The molecule has 8 heteroatoms. The van der Waals surface area contributed by atoms with Crippen molar-refractivity contribution >= 4 is 17.6 Å². The van der Waals surface area contributed by atoms with Gasteiger partial charge < -0.3 is 11.1 Å². The Morgan fingerprint density at radius 2 is 1.82 bits per heavy atom. The van der Waals surface area contributed by atoms with Crippen molar-refractivity contribution in [1.82, 2.24) is 20.1 Å². The molecule has 0 spiro atoms. The van der Waals surface area contributed by atoms with Gasteiger partial charge in [0.15, 0.2) is 0 Å². The first-order chi connectivity index (χ1) is 13.5. The Kier molecular flexibility index (Phi) is 5.59. The molecule has 0 bridgehead atoms. The fraction of sp³-hybridized carbons (Fsp3) is 0.150. The van der Waals surface area contributed by atoms with E-state index in [-0.39, 0.29) is 12.0 Å². The Hall–Kier alpha value is -3.81. The summed E-state index contributed by atoms with van der Waals surface area (Å²) in [5, 5.41) is 6.91. The highest BCUT2D eigenvalue weighted by molar-refractivity contribution is 6.38. The number of primary amides is 1. The third-order valence-corrected chi connectivity index (χ3v) is 4.13. The smallest absolute Gasteiger partial charge is 0.287 e. The number of hydrogen-bond donors (Lipinski definition) is 2. The number of aryl methyl sites for hydroxylation is 1. The zero-order valence-electron chi connectivity index (χ0n) is 15.2.